The number of nitrogens with one attached hydrogen (secondary N) is 2. The number of hydrogen-bond acceptors (Lipinski definition) is 4. The molecule has 2 fully saturated rings. The minimum absolute atomic E-state index is 0.0481. The van der Waals surface area contributed by atoms with Crippen LogP contribution < -0.4 is 10.0 Å². The Balaban J connectivity index is 1.74. The molecule has 1 aliphatic heterocycles. The zero-order valence-electron chi connectivity index (χ0n) is 12.6. The molecule has 1 saturated heterocycles. The molecule has 0 aromatic heterocycles. The fraction of sp³-hybridized carbons (Fsp3) is 0.533. The molecular weight excluding hydrogens is 302 g/mol. The van der Waals surface area contributed by atoms with Gasteiger partial charge in [-0.2, -0.15) is 0 Å². The predicted molar refractivity (Wildman–Crippen MR) is 83.2 cm³/mol. The molecule has 2 N–H and O–H groups in total. The molecule has 1 heterocycles. The maximum Gasteiger partial charge on any atom is 0.254 e. The number of carbonyl (C=O) groups is 1. The van der Waals surface area contributed by atoms with Crippen LogP contribution in [0.5, 0.6) is 0 Å². The van der Waals surface area contributed by atoms with Crippen molar-refractivity contribution in [1.29, 1.82) is 0 Å². The van der Waals surface area contributed by atoms with Crippen molar-refractivity contribution in [2.45, 2.75) is 36.7 Å². The summed E-state index contributed by atoms with van der Waals surface area (Å²) in [5, 5.41) is 3.24. The number of carbonyl (C=O) groups excluding carboxylic acids is 1. The molecule has 1 amide bonds. The van der Waals surface area contributed by atoms with Gasteiger partial charge >= 0.3 is 0 Å². The van der Waals surface area contributed by atoms with E-state index in [1.165, 1.54) is 12.1 Å². The molecule has 3 rings (SSSR count). The number of rotatable bonds is 4. The molecular formula is C15H21N3O3S. The molecule has 0 radical (unpaired) electrons. The van der Waals surface area contributed by atoms with E-state index in [4.69, 9.17) is 0 Å². The monoisotopic (exact) mass is 323 g/mol. The third kappa shape index (κ3) is 3.31. The number of nitrogens with zero attached hydrogens (tertiary/aromatic N) is 1. The summed E-state index contributed by atoms with van der Waals surface area (Å²) >= 11 is 0. The second kappa shape index (κ2) is 5.98. The van der Waals surface area contributed by atoms with Crippen LogP contribution in [0, 0.1) is 0 Å². The van der Waals surface area contributed by atoms with Crippen LogP contribution in [0.2, 0.25) is 0 Å². The van der Waals surface area contributed by atoms with E-state index in [9.17, 15) is 13.2 Å². The highest BCUT2D eigenvalue weighted by Gasteiger charge is 2.28. The van der Waals surface area contributed by atoms with Crippen LogP contribution in [0.1, 0.15) is 30.1 Å². The summed E-state index contributed by atoms with van der Waals surface area (Å²) in [5.74, 6) is -0.0481. The average Bonchev–Trinajstić information content (AvgIpc) is 3.30. The van der Waals surface area contributed by atoms with Gasteiger partial charge in [0.15, 0.2) is 0 Å². The maximum atomic E-state index is 12.5. The summed E-state index contributed by atoms with van der Waals surface area (Å²) in [6, 6.07) is 6.42. The molecule has 1 saturated carbocycles. The van der Waals surface area contributed by atoms with Crippen LogP contribution in [0.25, 0.3) is 0 Å². The minimum Gasteiger partial charge on any atom is -0.333 e. The molecule has 1 aromatic carbocycles. The first-order valence-corrected chi connectivity index (χ1v) is 9.10. The Hall–Kier alpha value is -1.44. The summed E-state index contributed by atoms with van der Waals surface area (Å²) in [4.78, 5) is 14.5. The zero-order chi connectivity index (χ0) is 15.7. The van der Waals surface area contributed by atoms with Crippen LogP contribution in [-0.4, -0.2) is 50.9 Å². The predicted octanol–water partition coefficient (Wildman–Crippen LogP) is 0.561. The first kappa shape index (κ1) is 15.5. The summed E-state index contributed by atoms with van der Waals surface area (Å²) in [6.07, 6.45) is 1.80. The number of benzene rings is 1. The van der Waals surface area contributed by atoms with E-state index in [0.717, 1.165) is 25.9 Å². The third-order valence-corrected chi connectivity index (χ3v) is 5.61. The standard InChI is InChI=1S/C15H21N3O3S/c1-11-10-16-8-9-18(11)15(19)12-2-6-14(7-3-12)22(20,21)17-13-4-5-13/h2-3,6-7,11,13,16-17H,4-5,8-10H2,1H3/t11-/m0/s1. The van der Waals surface area contributed by atoms with Crippen LogP contribution in [-0.2, 0) is 10.0 Å². The topological polar surface area (TPSA) is 78.5 Å². The van der Waals surface area contributed by atoms with Crippen molar-refractivity contribution in [2.75, 3.05) is 19.6 Å². The number of hydrogen-bond donors (Lipinski definition) is 2. The Morgan fingerprint density at radius 2 is 1.95 bits per heavy atom. The van der Waals surface area contributed by atoms with E-state index >= 15 is 0 Å². The number of piperazine rings is 1. The Kier molecular flexibility index (Phi) is 4.20. The van der Waals surface area contributed by atoms with Crippen molar-refractivity contribution in [3.8, 4) is 0 Å². The molecule has 0 unspecified atom stereocenters. The van der Waals surface area contributed by atoms with Gasteiger partial charge in [0.25, 0.3) is 5.91 Å². The van der Waals surface area contributed by atoms with Crippen LogP contribution in [0.4, 0.5) is 0 Å². The molecule has 1 atom stereocenters. The summed E-state index contributed by atoms with van der Waals surface area (Å²) in [5.41, 5.74) is 0.527. The first-order valence-electron chi connectivity index (χ1n) is 7.61. The summed E-state index contributed by atoms with van der Waals surface area (Å²) < 4.78 is 26.8. The molecule has 22 heavy (non-hydrogen) atoms. The lowest BCUT2D eigenvalue weighted by Gasteiger charge is -2.34. The van der Waals surface area contributed by atoms with Gasteiger partial charge in [-0.1, -0.05) is 0 Å². The van der Waals surface area contributed by atoms with Gasteiger partial charge in [-0.05, 0) is 44.0 Å². The van der Waals surface area contributed by atoms with Gasteiger partial charge < -0.3 is 10.2 Å². The van der Waals surface area contributed by atoms with Gasteiger partial charge in [0.1, 0.15) is 0 Å². The van der Waals surface area contributed by atoms with Crippen molar-refractivity contribution < 1.29 is 13.2 Å². The average molecular weight is 323 g/mol. The van der Waals surface area contributed by atoms with E-state index in [2.05, 4.69) is 10.0 Å². The Labute approximate surface area is 130 Å². The van der Waals surface area contributed by atoms with Crippen molar-refractivity contribution in [3.63, 3.8) is 0 Å². The van der Waals surface area contributed by atoms with E-state index in [1.54, 1.807) is 12.1 Å². The number of sulfonamides is 1. The quantitative estimate of drug-likeness (QED) is 0.849. The van der Waals surface area contributed by atoms with E-state index in [0.29, 0.717) is 12.1 Å². The van der Waals surface area contributed by atoms with E-state index < -0.39 is 10.0 Å². The van der Waals surface area contributed by atoms with Crippen molar-refractivity contribution in [2.24, 2.45) is 0 Å². The summed E-state index contributed by atoms with van der Waals surface area (Å²) in [7, 11) is -3.46. The highest BCUT2D eigenvalue weighted by Crippen LogP contribution is 2.22. The molecule has 2 aliphatic rings. The first-order chi connectivity index (χ1) is 10.5. The molecule has 6 nitrogen and oxygen atoms in total. The summed E-state index contributed by atoms with van der Waals surface area (Å²) in [6.45, 7) is 4.24. The lowest BCUT2D eigenvalue weighted by Crippen LogP contribution is -2.52. The van der Waals surface area contributed by atoms with Crippen molar-refractivity contribution in [3.05, 3.63) is 29.8 Å². The van der Waals surface area contributed by atoms with E-state index in [1.807, 2.05) is 11.8 Å². The fourth-order valence-electron chi connectivity index (χ4n) is 2.57. The second-order valence-corrected chi connectivity index (χ2v) is 7.69. The molecule has 0 spiro atoms. The van der Waals surface area contributed by atoms with Gasteiger partial charge in [-0.3, -0.25) is 4.79 Å². The smallest absolute Gasteiger partial charge is 0.254 e. The molecule has 7 heteroatoms. The minimum atomic E-state index is -3.46. The largest absolute Gasteiger partial charge is 0.333 e. The van der Waals surface area contributed by atoms with Gasteiger partial charge in [0.2, 0.25) is 10.0 Å². The lowest BCUT2D eigenvalue weighted by molar-refractivity contribution is 0.0655. The molecule has 1 aliphatic carbocycles. The van der Waals surface area contributed by atoms with Crippen LogP contribution in [0.15, 0.2) is 29.2 Å². The van der Waals surface area contributed by atoms with Crippen LogP contribution in [0.3, 0.4) is 0 Å². The Morgan fingerprint density at radius 3 is 2.55 bits per heavy atom. The molecule has 1 aromatic rings. The van der Waals surface area contributed by atoms with Crippen LogP contribution >= 0.6 is 0 Å². The van der Waals surface area contributed by atoms with Gasteiger partial charge in [0.05, 0.1) is 4.90 Å². The lowest BCUT2D eigenvalue weighted by atomic mass is 10.1. The maximum absolute atomic E-state index is 12.5. The van der Waals surface area contributed by atoms with Crippen molar-refractivity contribution >= 4 is 15.9 Å². The highest BCUT2D eigenvalue weighted by molar-refractivity contribution is 7.89. The molecule has 0 bridgehead atoms. The third-order valence-electron chi connectivity index (χ3n) is 4.07. The van der Waals surface area contributed by atoms with Gasteiger partial charge in [-0.25, -0.2) is 13.1 Å². The Bertz CT molecular complexity index is 653. The SMILES string of the molecule is C[C@H]1CNCCN1C(=O)c1ccc(S(=O)(=O)NC2CC2)cc1. The second-order valence-electron chi connectivity index (χ2n) is 5.97. The van der Waals surface area contributed by atoms with Gasteiger partial charge in [-0.15, -0.1) is 0 Å². The number of amides is 1. The van der Waals surface area contributed by atoms with Gasteiger partial charge in [0, 0.05) is 37.3 Å². The normalized spacial score (nSPS) is 22.6. The Morgan fingerprint density at radius 1 is 1.27 bits per heavy atom. The van der Waals surface area contributed by atoms with E-state index in [-0.39, 0.29) is 22.9 Å². The fourth-order valence-corrected chi connectivity index (χ4v) is 3.88. The highest BCUT2D eigenvalue weighted by atomic mass is 32.2. The van der Waals surface area contributed by atoms with Crippen molar-refractivity contribution in [1.82, 2.24) is 14.9 Å². The zero-order valence-corrected chi connectivity index (χ0v) is 13.4. The molecule has 120 valence electrons.